The normalized spacial score (nSPS) is 30.1. The van der Waals surface area contributed by atoms with E-state index < -0.39 is 30.5 Å². The van der Waals surface area contributed by atoms with Gasteiger partial charge in [-0.05, 0) is 6.92 Å². The molecule has 1 heterocycles. The summed E-state index contributed by atoms with van der Waals surface area (Å²) >= 11 is 0. The van der Waals surface area contributed by atoms with Crippen LogP contribution in [0.5, 0.6) is 0 Å². The number of rotatable bonds is 4. The minimum absolute atomic E-state index is 0.243. The van der Waals surface area contributed by atoms with Gasteiger partial charge in [-0.15, -0.1) is 0 Å². The van der Waals surface area contributed by atoms with E-state index in [9.17, 15) is 18.0 Å². The van der Waals surface area contributed by atoms with E-state index in [0.29, 0.717) is 0 Å². The molecular formula is C9H11F3O3. The van der Waals surface area contributed by atoms with Crippen LogP contribution in [0.4, 0.5) is 13.2 Å². The van der Waals surface area contributed by atoms with E-state index in [1.54, 1.807) is 0 Å². The Labute approximate surface area is 84.8 Å². The highest BCUT2D eigenvalue weighted by Gasteiger charge is 2.60. The van der Waals surface area contributed by atoms with Crippen molar-refractivity contribution in [3.05, 3.63) is 12.7 Å². The van der Waals surface area contributed by atoms with Crippen molar-refractivity contribution in [2.75, 3.05) is 0 Å². The fourth-order valence-electron chi connectivity index (χ4n) is 1.21. The summed E-state index contributed by atoms with van der Waals surface area (Å²) in [6.07, 6.45) is -4.16. The summed E-state index contributed by atoms with van der Waals surface area (Å²) in [4.78, 5) is 10.7. The largest absolute Gasteiger partial charge is 0.459 e. The second-order valence-corrected chi connectivity index (χ2v) is 3.30. The Morgan fingerprint density at radius 3 is 2.73 bits per heavy atom. The Kier molecular flexibility index (Phi) is 3.38. The first kappa shape index (κ1) is 12.0. The predicted octanol–water partition coefficient (Wildman–Crippen LogP) is 1.82. The van der Waals surface area contributed by atoms with Crippen molar-refractivity contribution in [3.8, 4) is 0 Å². The highest BCUT2D eigenvalue weighted by atomic mass is 19.3. The summed E-state index contributed by atoms with van der Waals surface area (Å²) in [5, 5.41) is 0. The van der Waals surface area contributed by atoms with Crippen LogP contribution < -0.4 is 0 Å². The number of alkyl halides is 3. The highest BCUT2D eigenvalue weighted by molar-refractivity contribution is 5.81. The van der Waals surface area contributed by atoms with Crippen molar-refractivity contribution < 1.29 is 27.4 Å². The molecule has 0 bridgehead atoms. The summed E-state index contributed by atoms with van der Waals surface area (Å²) in [5.74, 6) is -4.20. The fourth-order valence-corrected chi connectivity index (χ4v) is 1.21. The van der Waals surface area contributed by atoms with Crippen LogP contribution in [0.1, 0.15) is 13.3 Å². The van der Waals surface area contributed by atoms with Crippen molar-refractivity contribution >= 4 is 5.97 Å². The number of carbonyl (C=O) groups is 1. The van der Waals surface area contributed by atoms with Crippen molar-refractivity contribution in [1.29, 1.82) is 0 Å². The number of hydrogen-bond donors (Lipinski definition) is 0. The number of carbonyl (C=O) groups excluding carboxylic acids is 1. The van der Waals surface area contributed by atoms with Gasteiger partial charge in [0.2, 0.25) is 0 Å². The zero-order valence-electron chi connectivity index (χ0n) is 8.08. The molecule has 3 atom stereocenters. The smallest absolute Gasteiger partial charge is 0.330 e. The van der Waals surface area contributed by atoms with Gasteiger partial charge in [0, 0.05) is 12.5 Å². The molecule has 1 fully saturated rings. The third-order valence-electron chi connectivity index (χ3n) is 2.05. The van der Waals surface area contributed by atoms with E-state index in [2.05, 4.69) is 16.1 Å². The zero-order valence-corrected chi connectivity index (χ0v) is 8.08. The molecule has 0 aromatic heterocycles. The molecule has 0 N–H and O–H groups in total. The Hall–Kier alpha value is -1.04. The summed E-state index contributed by atoms with van der Waals surface area (Å²) in [5.41, 5.74) is 0. The van der Waals surface area contributed by atoms with Crippen LogP contribution in [-0.4, -0.2) is 30.5 Å². The first-order valence-electron chi connectivity index (χ1n) is 4.38. The molecule has 1 aliphatic heterocycles. The molecule has 3 nitrogen and oxygen atoms in total. The van der Waals surface area contributed by atoms with Gasteiger partial charge >= 0.3 is 11.9 Å². The lowest BCUT2D eigenvalue weighted by molar-refractivity contribution is -0.362. The van der Waals surface area contributed by atoms with Gasteiger partial charge in [-0.2, -0.15) is 8.78 Å². The van der Waals surface area contributed by atoms with Gasteiger partial charge in [0.25, 0.3) is 6.36 Å². The Bertz CT molecular complexity index is 267. The monoisotopic (exact) mass is 224 g/mol. The summed E-state index contributed by atoms with van der Waals surface area (Å²) in [6, 6.07) is 0. The molecule has 1 rings (SSSR count). The number of ether oxygens (including phenoxy) is 2. The SMILES string of the molecule is C=CC(=O)OC(C)CC1OC(F)C1(F)F. The van der Waals surface area contributed by atoms with Gasteiger partial charge in [-0.3, -0.25) is 0 Å². The van der Waals surface area contributed by atoms with Crippen molar-refractivity contribution in [2.45, 2.75) is 37.8 Å². The molecule has 15 heavy (non-hydrogen) atoms. The maximum atomic E-state index is 12.7. The molecule has 0 spiro atoms. The number of esters is 1. The second-order valence-electron chi connectivity index (χ2n) is 3.30. The van der Waals surface area contributed by atoms with Crippen LogP contribution >= 0.6 is 0 Å². The molecule has 86 valence electrons. The molecule has 0 saturated carbocycles. The Balaban J connectivity index is 2.37. The van der Waals surface area contributed by atoms with Crippen LogP contribution in [0.3, 0.4) is 0 Å². The van der Waals surface area contributed by atoms with E-state index in [-0.39, 0.29) is 6.42 Å². The van der Waals surface area contributed by atoms with Gasteiger partial charge < -0.3 is 9.47 Å². The lowest BCUT2D eigenvalue weighted by atomic mass is 10.0. The van der Waals surface area contributed by atoms with Gasteiger partial charge in [-0.25, -0.2) is 9.18 Å². The van der Waals surface area contributed by atoms with Crippen LogP contribution in [0, 0.1) is 0 Å². The fraction of sp³-hybridized carbons (Fsp3) is 0.667. The molecule has 0 aromatic rings. The number of hydrogen-bond acceptors (Lipinski definition) is 3. The minimum Gasteiger partial charge on any atom is -0.459 e. The van der Waals surface area contributed by atoms with Crippen LogP contribution in [-0.2, 0) is 14.3 Å². The molecular weight excluding hydrogens is 213 g/mol. The quantitative estimate of drug-likeness (QED) is 0.539. The molecule has 6 heteroatoms. The summed E-state index contributed by atoms with van der Waals surface area (Å²) < 4.78 is 46.5. The van der Waals surface area contributed by atoms with Crippen molar-refractivity contribution in [2.24, 2.45) is 0 Å². The summed E-state index contributed by atoms with van der Waals surface area (Å²) in [6.45, 7) is 4.58. The van der Waals surface area contributed by atoms with Gasteiger partial charge in [0.15, 0.2) is 0 Å². The topological polar surface area (TPSA) is 35.5 Å². The average molecular weight is 224 g/mol. The number of halogens is 3. The first-order valence-corrected chi connectivity index (χ1v) is 4.38. The first-order chi connectivity index (χ1) is 6.87. The maximum Gasteiger partial charge on any atom is 0.330 e. The van der Waals surface area contributed by atoms with E-state index in [0.717, 1.165) is 6.08 Å². The van der Waals surface area contributed by atoms with Gasteiger partial charge in [0.05, 0.1) is 0 Å². The van der Waals surface area contributed by atoms with E-state index in [1.807, 2.05) is 0 Å². The van der Waals surface area contributed by atoms with Crippen LogP contribution in [0.15, 0.2) is 12.7 Å². The van der Waals surface area contributed by atoms with Gasteiger partial charge in [-0.1, -0.05) is 6.58 Å². The summed E-state index contributed by atoms with van der Waals surface area (Å²) in [7, 11) is 0. The lowest BCUT2D eigenvalue weighted by Crippen LogP contribution is -2.58. The van der Waals surface area contributed by atoms with E-state index in [1.165, 1.54) is 6.92 Å². The lowest BCUT2D eigenvalue weighted by Gasteiger charge is -2.40. The van der Waals surface area contributed by atoms with Crippen LogP contribution in [0.25, 0.3) is 0 Å². The maximum absolute atomic E-state index is 12.7. The van der Waals surface area contributed by atoms with Crippen molar-refractivity contribution in [1.82, 2.24) is 0 Å². The zero-order chi connectivity index (χ0) is 11.6. The molecule has 0 amide bonds. The minimum atomic E-state index is -3.49. The Morgan fingerprint density at radius 1 is 1.73 bits per heavy atom. The Morgan fingerprint density at radius 2 is 2.33 bits per heavy atom. The standard InChI is InChI=1S/C9H11F3O3/c1-3-7(13)14-5(2)4-6-9(11,12)8(10)15-6/h3,5-6,8H,1,4H2,2H3. The molecule has 1 saturated heterocycles. The molecule has 1 aliphatic rings. The molecule has 3 unspecified atom stereocenters. The predicted molar refractivity (Wildman–Crippen MR) is 45.1 cm³/mol. The van der Waals surface area contributed by atoms with Crippen LogP contribution in [0.2, 0.25) is 0 Å². The average Bonchev–Trinajstić information content (AvgIpc) is 2.17. The van der Waals surface area contributed by atoms with Gasteiger partial charge in [0.1, 0.15) is 12.2 Å². The molecule has 0 radical (unpaired) electrons. The second kappa shape index (κ2) is 4.22. The van der Waals surface area contributed by atoms with E-state index >= 15 is 0 Å². The third kappa shape index (κ3) is 2.50. The highest BCUT2D eigenvalue weighted by Crippen LogP contribution is 2.41. The molecule has 0 aromatic carbocycles. The molecule has 0 aliphatic carbocycles. The van der Waals surface area contributed by atoms with Crippen molar-refractivity contribution in [3.63, 3.8) is 0 Å². The van der Waals surface area contributed by atoms with E-state index in [4.69, 9.17) is 0 Å². The third-order valence-corrected chi connectivity index (χ3v) is 2.05.